The van der Waals surface area contributed by atoms with E-state index in [1.165, 1.54) is 4.90 Å². The molecule has 0 aromatic heterocycles. The Balaban J connectivity index is 2.13. The Morgan fingerprint density at radius 3 is 3.06 bits per heavy atom. The van der Waals surface area contributed by atoms with E-state index in [2.05, 4.69) is 11.9 Å². The molecule has 0 bridgehead atoms. The highest BCUT2D eigenvalue weighted by Gasteiger charge is 1.96. The minimum atomic E-state index is -0.431. The summed E-state index contributed by atoms with van der Waals surface area (Å²) in [5, 5.41) is 3.13. The number of carbonyl (C=O) groups excluding carboxylic acids is 1. The fourth-order valence-corrected chi connectivity index (χ4v) is 1.66. The number of nitrogens with one attached hydrogen (secondary N) is 1. The van der Waals surface area contributed by atoms with Crippen molar-refractivity contribution in [2.24, 2.45) is 0 Å². The van der Waals surface area contributed by atoms with Gasteiger partial charge in [-0.25, -0.2) is 4.79 Å². The first-order valence-corrected chi connectivity index (χ1v) is 6.73. The Bertz CT molecular complexity index is 396. The smallest absolute Gasteiger partial charge is 0.330 e. The van der Waals surface area contributed by atoms with E-state index in [1.807, 2.05) is 30.5 Å². The van der Waals surface area contributed by atoms with Gasteiger partial charge in [0.15, 0.2) is 0 Å². The lowest BCUT2D eigenvalue weighted by Gasteiger charge is -2.08. The fourth-order valence-electron chi connectivity index (χ4n) is 1.20. The number of benzene rings is 1. The number of hydrogen-bond donors (Lipinski definition) is 1. The van der Waals surface area contributed by atoms with Crippen molar-refractivity contribution in [2.75, 3.05) is 31.5 Å². The molecule has 0 aliphatic heterocycles. The van der Waals surface area contributed by atoms with E-state index in [0.717, 1.165) is 11.8 Å². The van der Waals surface area contributed by atoms with E-state index < -0.39 is 5.97 Å². The van der Waals surface area contributed by atoms with Gasteiger partial charge in [0.05, 0.1) is 6.61 Å². The zero-order chi connectivity index (χ0) is 13.2. The van der Waals surface area contributed by atoms with Crippen molar-refractivity contribution in [3.8, 4) is 0 Å². The maximum absolute atomic E-state index is 10.7. The summed E-state index contributed by atoms with van der Waals surface area (Å²) in [7, 11) is 0. The van der Waals surface area contributed by atoms with Gasteiger partial charge < -0.3 is 14.8 Å². The van der Waals surface area contributed by atoms with Crippen LogP contribution < -0.4 is 5.32 Å². The summed E-state index contributed by atoms with van der Waals surface area (Å²) in [4.78, 5) is 11.9. The minimum absolute atomic E-state index is 0.234. The fraction of sp³-hybridized carbons (Fsp3) is 0.308. The van der Waals surface area contributed by atoms with Crippen molar-refractivity contribution in [3.05, 3.63) is 36.9 Å². The van der Waals surface area contributed by atoms with E-state index in [0.29, 0.717) is 13.3 Å². The van der Waals surface area contributed by atoms with Crippen molar-refractivity contribution < 1.29 is 14.3 Å². The first-order chi connectivity index (χ1) is 8.76. The first kappa shape index (κ1) is 14.6. The Morgan fingerprint density at radius 2 is 2.33 bits per heavy atom. The molecule has 5 heteroatoms. The monoisotopic (exact) mass is 267 g/mol. The summed E-state index contributed by atoms with van der Waals surface area (Å²) in [6, 6.07) is 8.05. The number of anilines is 1. The average Bonchev–Trinajstić information content (AvgIpc) is 2.42. The molecule has 0 radical (unpaired) electrons. The van der Waals surface area contributed by atoms with Crippen LogP contribution in [0.15, 0.2) is 41.8 Å². The zero-order valence-electron chi connectivity index (χ0n) is 10.3. The summed E-state index contributed by atoms with van der Waals surface area (Å²) in [5.41, 5.74) is 1.00. The Labute approximate surface area is 111 Å². The van der Waals surface area contributed by atoms with Crippen LogP contribution in [0, 0.1) is 0 Å². The lowest BCUT2D eigenvalue weighted by atomic mass is 10.3. The highest BCUT2D eigenvalue weighted by Crippen LogP contribution is 2.18. The Kier molecular flexibility index (Phi) is 6.98. The highest BCUT2D eigenvalue weighted by molar-refractivity contribution is 7.98. The molecule has 18 heavy (non-hydrogen) atoms. The lowest BCUT2D eigenvalue weighted by Crippen LogP contribution is -2.12. The van der Waals surface area contributed by atoms with Crippen molar-refractivity contribution in [1.82, 2.24) is 0 Å². The molecule has 0 heterocycles. The third-order valence-corrected chi connectivity index (χ3v) is 2.81. The van der Waals surface area contributed by atoms with Crippen molar-refractivity contribution in [3.63, 3.8) is 0 Å². The van der Waals surface area contributed by atoms with Crippen LogP contribution in [0.2, 0.25) is 0 Å². The maximum Gasteiger partial charge on any atom is 0.330 e. The van der Waals surface area contributed by atoms with Gasteiger partial charge in [-0.15, -0.1) is 11.8 Å². The SMILES string of the molecule is C=CC(=O)OCCOCNc1cccc(SC)c1. The van der Waals surface area contributed by atoms with Gasteiger partial charge in [-0.1, -0.05) is 12.6 Å². The molecule has 1 N–H and O–H groups in total. The molecule has 4 nitrogen and oxygen atoms in total. The summed E-state index contributed by atoms with van der Waals surface area (Å²) in [6.07, 6.45) is 3.16. The van der Waals surface area contributed by atoms with E-state index in [9.17, 15) is 4.79 Å². The van der Waals surface area contributed by atoms with E-state index in [4.69, 9.17) is 9.47 Å². The van der Waals surface area contributed by atoms with Crippen LogP contribution in [0.5, 0.6) is 0 Å². The highest BCUT2D eigenvalue weighted by atomic mass is 32.2. The summed E-state index contributed by atoms with van der Waals surface area (Å²) < 4.78 is 10.0. The van der Waals surface area contributed by atoms with Crippen LogP contribution in [0.4, 0.5) is 5.69 Å². The number of carbonyl (C=O) groups is 1. The molecule has 0 saturated heterocycles. The van der Waals surface area contributed by atoms with E-state index >= 15 is 0 Å². The average molecular weight is 267 g/mol. The number of rotatable bonds is 8. The van der Waals surface area contributed by atoms with Crippen LogP contribution in [0.3, 0.4) is 0 Å². The second-order valence-corrected chi connectivity index (χ2v) is 4.21. The normalized spacial score (nSPS) is 9.83. The number of hydrogen-bond acceptors (Lipinski definition) is 5. The van der Waals surface area contributed by atoms with Crippen LogP contribution in [0.25, 0.3) is 0 Å². The number of ether oxygens (including phenoxy) is 2. The Morgan fingerprint density at radius 1 is 1.50 bits per heavy atom. The second-order valence-electron chi connectivity index (χ2n) is 3.33. The second kappa shape index (κ2) is 8.60. The number of thioether (sulfide) groups is 1. The standard InChI is InChI=1S/C13H17NO3S/c1-3-13(15)17-8-7-16-10-14-11-5-4-6-12(9-11)18-2/h3-6,9,14H,1,7-8,10H2,2H3. The third kappa shape index (κ3) is 5.75. The molecular formula is C13H17NO3S. The van der Waals surface area contributed by atoms with Crippen molar-refractivity contribution >= 4 is 23.4 Å². The minimum Gasteiger partial charge on any atom is -0.460 e. The lowest BCUT2D eigenvalue weighted by molar-refractivity contribution is -0.139. The predicted molar refractivity (Wildman–Crippen MR) is 73.8 cm³/mol. The topological polar surface area (TPSA) is 47.6 Å². The van der Waals surface area contributed by atoms with Gasteiger partial charge in [-0.2, -0.15) is 0 Å². The van der Waals surface area contributed by atoms with Gasteiger partial charge in [0, 0.05) is 16.7 Å². The molecule has 0 amide bonds. The predicted octanol–water partition coefficient (Wildman–Crippen LogP) is 2.52. The molecule has 0 saturated carbocycles. The molecule has 1 rings (SSSR count). The molecule has 0 spiro atoms. The molecular weight excluding hydrogens is 250 g/mol. The van der Waals surface area contributed by atoms with Crippen LogP contribution in [-0.2, 0) is 14.3 Å². The molecule has 0 aliphatic rings. The molecule has 1 aromatic rings. The summed E-state index contributed by atoms with van der Waals surface area (Å²) >= 11 is 1.69. The quantitative estimate of drug-likeness (QED) is 0.258. The van der Waals surface area contributed by atoms with Gasteiger partial charge >= 0.3 is 5.97 Å². The molecule has 0 atom stereocenters. The Hall–Kier alpha value is -1.46. The molecule has 98 valence electrons. The van der Waals surface area contributed by atoms with Crippen LogP contribution in [0.1, 0.15) is 0 Å². The first-order valence-electron chi connectivity index (χ1n) is 5.51. The van der Waals surface area contributed by atoms with E-state index in [1.54, 1.807) is 11.8 Å². The van der Waals surface area contributed by atoms with Crippen LogP contribution in [-0.4, -0.2) is 32.2 Å². The van der Waals surface area contributed by atoms with E-state index in [-0.39, 0.29) is 6.61 Å². The molecule has 0 fully saturated rings. The molecule has 1 aromatic carbocycles. The number of esters is 1. The largest absolute Gasteiger partial charge is 0.460 e. The van der Waals surface area contributed by atoms with Crippen LogP contribution >= 0.6 is 11.8 Å². The summed E-state index contributed by atoms with van der Waals surface area (Å²) in [5.74, 6) is -0.431. The van der Waals surface area contributed by atoms with Gasteiger partial charge in [0.2, 0.25) is 0 Å². The van der Waals surface area contributed by atoms with Gasteiger partial charge in [0.25, 0.3) is 0 Å². The molecule has 0 aliphatic carbocycles. The van der Waals surface area contributed by atoms with Gasteiger partial charge in [-0.05, 0) is 24.5 Å². The summed E-state index contributed by atoms with van der Waals surface area (Å²) in [6.45, 7) is 4.27. The van der Waals surface area contributed by atoms with Crippen molar-refractivity contribution in [1.29, 1.82) is 0 Å². The van der Waals surface area contributed by atoms with Gasteiger partial charge in [-0.3, -0.25) is 0 Å². The zero-order valence-corrected chi connectivity index (χ0v) is 11.2. The maximum atomic E-state index is 10.7. The van der Waals surface area contributed by atoms with Gasteiger partial charge in [0.1, 0.15) is 13.3 Å². The molecule has 0 unspecified atom stereocenters. The van der Waals surface area contributed by atoms with Crippen molar-refractivity contribution in [2.45, 2.75) is 4.90 Å². The third-order valence-electron chi connectivity index (χ3n) is 2.09.